The molecule has 1 saturated carbocycles. The molecule has 1 aliphatic carbocycles. The van der Waals surface area contributed by atoms with Crippen LogP contribution in [0.15, 0.2) is 12.1 Å². The fourth-order valence-corrected chi connectivity index (χ4v) is 2.82. The van der Waals surface area contributed by atoms with Gasteiger partial charge in [0.25, 0.3) is 0 Å². The highest BCUT2D eigenvalue weighted by atomic mass is 79.9. The van der Waals surface area contributed by atoms with Crippen molar-refractivity contribution in [1.29, 1.82) is 0 Å². The highest BCUT2D eigenvalue weighted by Gasteiger charge is 2.13. The maximum absolute atomic E-state index is 5.35. The molecule has 108 valence electrons. The van der Waals surface area contributed by atoms with E-state index < -0.39 is 0 Å². The number of hydrogen-bond acceptors (Lipinski definition) is 2. The molecule has 1 N–H and O–H groups in total. The summed E-state index contributed by atoms with van der Waals surface area (Å²) in [6.07, 6.45) is 6.87. The minimum absolute atomic E-state index is 0. The molecule has 3 heteroatoms. The van der Waals surface area contributed by atoms with Gasteiger partial charge >= 0.3 is 0 Å². The summed E-state index contributed by atoms with van der Waals surface area (Å²) in [5.41, 5.74) is 3.95. The molecule has 0 amide bonds. The molecule has 0 radical (unpaired) electrons. The van der Waals surface area contributed by atoms with Crippen molar-refractivity contribution in [2.24, 2.45) is 0 Å². The van der Waals surface area contributed by atoms with Crippen LogP contribution in [0.5, 0.6) is 5.75 Å². The Balaban J connectivity index is 0.00000180. The molecule has 2 rings (SSSR count). The van der Waals surface area contributed by atoms with E-state index in [1.165, 1.54) is 48.8 Å². The number of methoxy groups -OCH3 is 1. The van der Waals surface area contributed by atoms with Gasteiger partial charge in [0.15, 0.2) is 0 Å². The number of aryl methyl sites for hydroxylation is 2. The monoisotopic (exact) mass is 327 g/mol. The number of ether oxygens (including phenoxy) is 1. The summed E-state index contributed by atoms with van der Waals surface area (Å²) in [6.45, 7) is 5.27. The largest absolute Gasteiger partial charge is 0.496 e. The van der Waals surface area contributed by atoms with E-state index in [9.17, 15) is 0 Å². The smallest absolute Gasteiger partial charge is 0.122 e. The minimum Gasteiger partial charge on any atom is -0.496 e. The van der Waals surface area contributed by atoms with Crippen LogP contribution in [0, 0.1) is 13.8 Å². The molecular weight excluding hydrogens is 302 g/mol. The third-order valence-electron chi connectivity index (χ3n) is 4.04. The second kappa shape index (κ2) is 7.91. The Kier molecular flexibility index (Phi) is 6.87. The van der Waals surface area contributed by atoms with Gasteiger partial charge in [-0.1, -0.05) is 25.3 Å². The van der Waals surface area contributed by atoms with Crippen LogP contribution in [-0.4, -0.2) is 13.2 Å². The first-order chi connectivity index (χ1) is 8.70. The van der Waals surface area contributed by atoms with Gasteiger partial charge in [-0.05, 0) is 49.4 Å². The first kappa shape index (κ1) is 16.5. The summed E-state index contributed by atoms with van der Waals surface area (Å²) in [4.78, 5) is 0. The third kappa shape index (κ3) is 4.50. The molecule has 1 aromatic carbocycles. The lowest BCUT2D eigenvalue weighted by Gasteiger charge is -2.23. The second-order valence-corrected chi connectivity index (χ2v) is 5.46. The quantitative estimate of drug-likeness (QED) is 0.889. The molecule has 0 aromatic heterocycles. The molecular formula is C16H26BrNO. The van der Waals surface area contributed by atoms with Gasteiger partial charge in [-0.3, -0.25) is 0 Å². The molecule has 1 fully saturated rings. The van der Waals surface area contributed by atoms with E-state index in [-0.39, 0.29) is 17.0 Å². The van der Waals surface area contributed by atoms with E-state index >= 15 is 0 Å². The minimum atomic E-state index is 0. The lowest BCUT2D eigenvalue weighted by molar-refractivity contribution is 0.372. The maximum Gasteiger partial charge on any atom is 0.122 e. The first-order valence-corrected chi connectivity index (χ1v) is 7.08. The van der Waals surface area contributed by atoms with Crippen LogP contribution in [0.25, 0.3) is 0 Å². The molecule has 0 spiro atoms. The van der Waals surface area contributed by atoms with Gasteiger partial charge in [-0.2, -0.15) is 0 Å². The van der Waals surface area contributed by atoms with Crippen molar-refractivity contribution in [2.45, 2.75) is 58.5 Å². The molecule has 1 aromatic rings. The topological polar surface area (TPSA) is 21.3 Å². The van der Waals surface area contributed by atoms with Crippen molar-refractivity contribution in [1.82, 2.24) is 5.32 Å². The highest BCUT2D eigenvalue weighted by molar-refractivity contribution is 8.93. The molecule has 0 aliphatic heterocycles. The molecule has 19 heavy (non-hydrogen) atoms. The highest BCUT2D eigenvalue weighted by Crippen LogP contribution is 2.23. The van der Waals surface area contributed by atoms with Crippen LogP contribution in [0.3, 0.4) is 0 Å². The maximum atomic E-state index is 5.35. The zero-order valence-corrected chi connectivity index (χ0v) is 14.0. The summed E-state index contributed by atoms with van der Waals surface area (Å²) in [5, 5.41) is 3.70. The van der Waals surface area contributed by atoms with Gasteiger partial charge in [0.05, 0.1) is 7.11 Å². The summed E-state index contributed by atoms with van der Waals surface area (Å²) in [7, 11) is 1.74. The molecule has 0 saturated heterocycles. The standard InChI is InChI=1S/C16H25NO.BrH/c1-12-10-16(18-3)13(2)9-14(12)11-17-15-7-5-4-6-8-15;/h9-10,15,17H,4-8,11H2,1-3H3;1H. The number of halogens is 1. The Morgan fingerprint density at radius 1 is 1.11 bits per heavy atom. The Hall–Kier alpha value is -0.540. The molecule has 2 nitrogen and oxygen atoms in total. The summed E-state index contributed by atoms with van der Waals surface area (Å²) in [5.74, 6) is 0.994. The van der Waals surface area contributed by atoms with Crippen molar-refractivity contribution in [3.8, 4) is 5.75 Å². The number of nitrogens with one attached hydrogen (secondary N) is 1. The van der Waals surface area contributed by atoms with Crippen LogP contribution in [0.1, 0.15) is 48.8 Å². The molecule has 0 heterocycles. The second-order valence-electron chi connectivity index (χ2n) is 5.46. The first-order valence-electron chi connectivity index (χ1n) is 7.08. The van der Waals surface area contributed by atoms with Gasteiger partial charge in [-0.15, -0.1) is 17.0 Å². The zero-order chi connectivity index (χ0) is 13.0. The normalized spacial score (nSPS) is 15.9. The predicted molar refractivity (Wildman–Crippen MR) is 86.5 cm³/mol. The predicted octanol–water partition coefficient (Wildman–Crippen LogP) is 4.31. The number of rotatable bonds is 4. The molecule has 0 atom stereocenters. The average Bonchev–Trinajstić information content (AvgIpc) is 2.40. The van der Waals surface area contributed by atoms with Gasteiger partial charge in [0, 0.05) is 12.6 Å². The Bertz CT molecular complexity index is 400. The van der Waals surface area contributed by atoms with Gasteiger partial charge in [-0.25, -0.2) is 0 Å². The lowest BCUT2D eigenvalue weighted by atomic mass is 9.95. The van der Waals surface area contributed by atoms with Gasteiger partial charge < -0.3 is 10.1 Å². The Morgan fingerprint density at radius 2 is 1.79 bits per heavy atom. The van der Waals surface area contributed by atoms with Crippen LogP contribution in [-0.2, 0) is 6.54 Å². The molecule has 1 aliphatic rings. The van der Waals surface area contributed by atoms with Crippen molar-refractivity contribution < 1.29 is 4.74 Å². The van der Waals surface area contributed by atoms with Crippen molar-refractivity contribution in [2.75, 3.05) is 7.11 Å². The van der Waals surface area contributed by atoms with Crippen LogP contribution in [0.2, 0.25) is 0 Å². The van der Waals surface area contributed by atoms with E-state index in [1.54, 1.807) is 7.11 Å². The number of hydrogen-bond donors (Lipinski definition) is 1. The zero-order valence-electron chi connectivity index (χ0n) is 12.3. The average molecular weight is 328 g/mol. The van der Waals surface area contributed by atoms with E-state index in [0.717, 1.165) is 18.3 Å². The molecule has 0 bridgehead atoms. The van der Waals surface area contributed by atoms with Crippen LogP contribution >= 0.6 is 17.0 Å². The van der Waals surface area contributed by atoms with Gasteiger partial charge in [0.2, 0.25) is 0 Å². The number of benzene rings is 1. The summed E-state index contributed by atoms with van der Waals surface area (Å²) in [6, 6.07) is 5.12. The summed E-state index contributed by atoms with van der Waals surface area (Å²) < 4.78 is 5.35. The van der Waals surface area contributed by atoms with Crippen molar-refractivity contribution in [3.05, 3.63) is 28.8 Å². The van der Waals surface area contributed by atoms with E-state index in [1.807, 2.05) is 0 Å². The van der Waals surface area contributed by atoms with Crippen LogP contribution < -0.4 is 10.1 Å². The Labute approximate surface area is 127 Å². The third-order valence-corrected chi connectivity index (χ3v) is 4.04. The molecule has 0 unspecified atom stereocenters. The van der Waals surface area contributed by atoms with E-state index in [0.29, 0.717) is 0 Å². The van der Waals surface area contributed by atoms with Crippen LogP contribution in [0.4, 0.5) is 0 Å². The lowest BCUT2D eigenvalue weighted by Crippen LogP contribution is -2.30. The van der Waals surface area contributed by atoms with E-state index in [2.05, 4.69) is 31.3 Å². The van der Waals surface area contributed by atoms with E-state index in [4.69, 9.17) is 4.74 Å². The SMILES string of the molecule is Br.COc1cc(C)c(CNC2CCCCC2)cc1C. The Morgan fingerprint density at radius 3 is 2.42 bits per heavy atom. The fourth-order valence-electron chi connectivity index (χ4n) is 2.82. The van der Waals surface area contributed by atoms with Gasteiger partial charge in [0.1, 0.15) is 5.75 Å². The summed E-state index contributed by atoms with van der Waals surface area (Å²) >= 11 is 0. The fraction of sp³-hybridized carbons (Fsp3) is 0.625. The van der Waals surface area contributed by atoms with Crippen molar-refractivity contribution >= 4 is 17.0 Å². The van der Waals surface area contributed by atoms with Crippen molar-refractivity contribution in [3.63, 3.8) is 0 Å².